The van der Waals surface area contributed by atoms with Crippen molar-refractivity contribution in [3.8, 4) is 0 Å². The van der Waals surface area contributed by atoms with Crippen LogP contribution in [0.15, 0.2) is 24.3 Å². The summed E-state index contributed by atoms with van der Waals surface area (Å²) in [5, 5.41) is 3.30. The van der Waals surface area contributed by atoms with E-state index in [0.717, 1.165) is 25.8 Å². The van der Waals surface area contributed by atoms with Crippen molar-refractivity contribution in [3.05, 3.63) is 30.1 Å². The Morgan fingerprint density at radius 3 is 2.89 bits per heavy atom. The first-order valence-corrected chi connectivity index (χ1v) is 6.83. The smallest absolute Gasteiger partial charge is 0.234 e. The Labute approximate surface area is 113 Å². The van der Waals surface area contributed by atoms with E-state index in [4.69, 9.17) is 0 Å². The van der Waals surface area contributed by atoms with Gasteiger partial charge in [-0.25, -0.2) is 4.39 Å². The highest BCUT2D eigenvalue weighted by molar-refractivity contribution is 5.97. The van der Waals surface area contributed by atoms with Crippen molar-refractivity contribution in [1.82, 2.24) is 5.32 Å². The summed E-state index contributed by atoms with van der Waals surface area (Å²) in [6.45, 7) is 3.73. The lowest BCUT2D eigenvalue weighted by Crippen LogP contribution is -2.50. The highest BCUT2D eigenvalue weighted by atomic mass is 19.1. The monoisotopic (exact) mass is 264 g/mol. The maximum absolute atomic E-state index is 13.3. The summed E-state index contributed by atoms with van der Waals surface area (Å²) in [7, 11) is 1.73. The molecule has 0 saturated carbocycles. The van der Waals surface area contributed by atoms with Gasteiger partial charge >= 0.3 is 0 Å². The molecule has 1 amide bonds. The van der Waals surface area contributed by atoms with Gasteiger partial charge in [0.05, 0.1) is 5.41 Å². The fraction of sp³-hybridized carbons (Fsp3) is 0.533. The number of hydrogen-bond acceptors (Lipinski definition) is 2. The number of benzene rings is 1. The maximum atomic E-state index is 13.3. The molecule has 104 valence electrons. The molecule has 2 rings (SSSR count). The van der Waals surface area contributed by atoms with Gasteiger partial charge < -0.3 is 10.2 Å². The van der Waals surface area contributed by atoms with Gasteiger partial charge in [-0.2, -0.15) is 0 Å². The van der Waals surface area contributed by atoms with Crippen LogP contribution in [0.1, 0.15) is 26.2 Å². The minimum absolute atomic E-state index is 0.0767. The number of amides is 1. The van der Waals surface area contributed by atoms with Gasteiger partial charge in [-0.1, -0.05) is 13.0 Å². The fourth-order valence-corrected chi connectivity index (χ4v) is 2.76. The van der Waals surface area contributed by atoms with Crippen LogP contribution in [0.25, 0.3) is 0 Å². The zero-order valence-electron chi connectivity index (χ0n) is 11.6. The molecule has 1 aromatic carbocycles. The van der Waals surface area contributed by atoms with E-state index in [1.807, 2.05) is 6.92 Å². The number of piperidine rings is 1. The molecule has 1 saturated heterocycles. The van der Waals surface area contributed by atoms with Crippen LogP contribution in [0.2, 0.25) is 0 Å². The Morgan fingerprint density at radius 2 is 2.32 bits per heavy atom. The summed E-state index contributed by atoms with van der Waals surface area (Å²) in [5.41, 5.74) is 0.266. The molecule has 1 atom stereocenters. The standard InChI is InChI=1S/C15H21FN2O/c1-3-15(8-5-9-17-11-15)14(19)18(2)13-7-4-6-12(16)10-13/h4,6-7,10,17H,3,5,8-9,11H2,1-2H3. The van der Waals surface area contributed by atoms with Gasteiger partial charge in [-0.05, 0) is 44.0 Å². The minimum atomic E-state index is -0.348. The van der Waals surface area contributed by atoms with Gasteiger partial charge in [0.25, 0.3) is 0 Å². The molecule has 4 heteroatoms. The van der Waals surface area contributed by atoms with Gasteiger partial charge in [-0.3, -0.25) is 4.79 Å². The average molecular weight is 264 g/mol. The molecule has 1 aromatic rings. The van der Waals surface area contributed by atoms with E-state index in [-0.39, 0.29) is 17.1 Å². The van der Waals surface area contributed by atoms with Crippen molar-refractivity contribution in [3.63, 3.8) is 0 Å². The molecule has 0 bridgehead atoms. The van der Waals surface area contributed by atoms with Crippen molar-refractivity contribution in [2.45, 2.75) is 26.2 Å². The van der Waals surface area contributed by atoms with Crippen molar-refractivity contribution in [2.24, 2.45) is 5.41 Å². The van der Waals surface area contributed by atoms with Crippen molar-refractivity contribution in [1.29, 1.82) is 0 Å². The molecule has 0 aliphatic carbocycles. The number of halogens is 1. The second kappa shape index (κ2) is 5.70. The predicted molar refractivity (Wildman–Crippen MR) is 74.6 cm³/mol. The molecular weight excluding hydrogens is 243 g/mol. The Hall–Kier alpha value is -1.42. The molecule has 1 aliphatic rings. The van der Waals surface area contributed by atoms with E-state index in [1.165, 1.54) is 12.1 Å². The highest BCUT2D eigenvalue weighted by Crippen LogP contribution is 2.33. The summed E-state index contributed by atoms with van der Waals surface area (Å²) < 4.78 is 13.3. The normalized spacial score (nSPS) is 23.1. The Bertz CT molecular complexity index is 455. The van der Waals surface area contributed by atoms with Gasteiger partial charge in [0.2, 0.25) is 5.91 Å². The predicted octanol–water partition coefficient (Wildman–Crippen LogP) is 2.57. The number of rotatable bonds is 3. The van der Waals surface area contributed by atoms with Crippen LogP contribution in [0.5, 0.6) is 0 Å². The molecule has 0 aromatic heterocycles. The second-order valence-corrected chi connectivity index (χ2v) is 5.26. The molecule has 1 N–H and O–H groups in total. The number of carbonyl (C=O) groups excluding carboxylic acids is 1. The van der Waals surface area contributed by atoms with Crippen LogP contribution < -0.4 is 10.2 Å². The van der Waals surface area contributed by atoms with Crippen LogP contribution in [0, 0.1) is 11.2 Å². The first-order chi connectivity index (χ1) is 9.09. The minimum Gasteiger partial charge on any atom is -0.316 e. The third-order valence-electron chi connectivity index (χ3n) is 4.10. The van der Waals surface area contributed by atoms with Crippen molar-refractivity contribution >= 4 is 11.6 Å². The van der Waals surface area contributed by atoms with Crippen molar-refractivity contribution < 1.29 is 9.18 Å². The lowest BCUT2D eigenvalue weighted by molar-refractivity contribution is -0.129. The number of nitrogens with zero attached hydrogens (tertiary/aromatic N) is 1. The van der Waals surface area contributed by atoms with Crippen LogP contribution in [-0.2, 0) is 4.79 Å². The van der Waals surface area contributed by atoms with E-state index in [2.05, 4.69) is 5.32 Å². The number of carbonyl (C=O) groups is 1. The van der Waals surface area contributed by atoms with Crippen LogP contribution in [0.4, 0.5) is 10.1 Å². The average Bonchev–Trinajstić information content (AvgIpc) is 2.46. The lowest BCUT2D eigenvalue weighted by Gasteiger charge is -2.38. The third-order valence-corrected chi connectivity index (χ3v) is 4.10. The SMILES string of the molecule is CCC1(C(=O)N(C)c2cccc(F)c2)CCCNC1. The molecule has 0 spiro atoms. The molecule has 1 heterocycles. The quantitative estimate of drug-likeness (QED) is 0.910. The fourth-order valence-electron chi connectivity index (χ4n) is 2.76. The van der Waals surface area contributed by atoms with Crippen LogP contribution in [0.3, 0.4) is 0 Å². The molecular formula is C15H21FN2O. The van der Waals surface area contributed by atoms with Crippen LogP contribution in [-0.4, -0.2) is 26.0 Å². The summed E-state index contributed by atoms with van der Waals surface area (Å²) in [5.74, 6) is -0.239. The third kappa shape index (κ3) is 2.78. The van der Waals surface area contributed by atoms with Crippen molar-refractivity contribution in [2.75, 3.05) is 25.0 Å². The van der Waals surface area contributed by atoms with E-state index in [1.54, 1.807) is 24.1 Å². The summed E-state index contributed by atoms with van der Waals surface area (Å²) in [6.07, 6.45) is 2.71. The lowest BCUT2D eigenvalue weighted by atomic mass is 9.77. The molecule has 0 radical (unpaired) electrons. The first kappa shape index (κ1) is 14.0. The second-order valence-electron chi connectivity index (χ2n) is 5.26. The molecule has 3 nitrogen and oxygen atoms in total. The molecule has 1 aliphatic heterocycles. The Balaban J connectivity index is 2.22. The molecule has 1 fully saturated rings. The maximum Gasteiger partial charge on any atom is 0.234 e. The Kier molecular flexibility index (Phi) is 4.20. The van der Waals surface area contributed by atoms with E-state index >= 15 is 0 Å². The number of nitrogens with one attached hydrogen (secondary N) is 1. The first-order valence-electron chi connectivity index (χ1n) is 6.83. The summed E-state index contributed by atoms with van der Waals surface area (Å²) in [6, 6.07) is 6.18. The topological polar surface area (TPSA) is 32.3 Å². The van der Waals surface area contributed by atoms with Gasteiger partial charge in [0, 0.05) is 19.3 Å². The Morgan fingerprint density at radius 1 is 1.53 bits per heavy atom. The summed E-state index contributed by atoms with van der Waals surface area (Å²) >= 11 is 0. The molecule has 19 heavy (non-hydrogen) atoms. The van der Waals surface area contributed by atoms with E-state index in [0.29, 0.717) is 12.2 Å². The zero-order valence-corrected chi connectivity index (χ0v) is 11.6. The van der Waals surface area contributed by atoms with E-state index in [9.17, 15) is 9.18 Å². The van der Waals surface area contributed by atoms with E-state index < -0.39 is 0 Å². The number of anilines is 1. The molecule has 1 unspecified atom stereocenters. The number of hydrogen-bond donors (Lipinski definition) is 1. The van der Waals surface area contributed by atoms with Gasteiger partial charge in [0.15, 0.2) is 0 Å². The van der Waals surface area contributed by atoms with Crippen LogP contribution >= 0.6 is 0 Å². The summed E-state index contributed by atoms with van der Waals surface area (Å²) in [4.78, 5) is 14.3. The highest BCUT2D eigenvalue weighted by Gasteiger charge is 2.39. The largest absolute Gasteiger partial charge is 0.316 e. The van der Waals surface area contributed by atoms with Gasteiger partial charge in [0.1, 0.15) is 5.82 Å². The zero-order chi connectivity index (χ0) is 13.9. The van der Waals surface area contributed by atoms with Gasteiger partial charge in [-0.15, -0.1) is 0 Å².